The van der Waals surface area contributed by atoms with Crippen molar-refractivity contribution < 1.29 is 9.59 Å². The van der Waals surface area contributed by atoms with Gasteiger partial charge in [0.25, 0.3) is 5.91 Å². The number of nitrogens with one attached hydrogen (secondary N) is 2. The number of hydrogen-bond acceptors (Lipinski definition) is 4. The van der Waals surface area contributed by atoms with Crippen molar-refractivity contribution in [3.63, 3.8) is 0 Å². The summed E-state index contributed by atoms with van der Waals surface area (Å²) in [6.45, 7) is 2.12. The van der Waals surface area contributed by atoms with Crippen LogP contribution in [0.2, 0.25) is 5.15 Å². The highest BCUT2D eigenvalue weighted by Gasteiger charge is 2.06. The van der Waals surface area contributed by atoms with E-state index in [9.17, 15) is 9.59 Å². The third kappa shape index (κ3) is 4.22. The Morgan fingerprint density at radius 2 is 1.94 bits per heavy atom. The van der Waals surface area contributed by atoms with E-state index >= 15 is 0 Å². The van der Waals surface area contributed by atoms with Gasteiger partial charge >= 0.3 is 0 Å². The Balaban J connectivity index is 2.35. The van der Waals surface area contributed by atoms with E-state index in [2.05, 4.69) is 20.8 Å². The highest BCUT2D eigenvalue weighted by molar-refractivity contribution is 6.29. The molecule has 0 spiro atoms. The molecule has 0 aromatic carbocycles. The van der Waals surface area contributed by atoms with Crippen LogP contribution in [0.5, 0.6) is 0 Å². The Labute approximate surface area is 97.4 Å². The molecular formula is C9H11ClN4O2. The van der Waals surface area contributed by atoms with Crippen LogP contribution in [0.3, 0.4) is 0 Å². The first-order valence-electron chi connectivity index (χ1n) is 4.61. The van der Waals surface area contributed by atoms with Crippen molar-refractivity contribution in [2.24, 2.45) is 0 Å². The van der Waals surface area contributed by atoms with Crippen molar-refractivity contribution in [2.75, 3.05) is 13.1 Å². The molecular weight excluding hydrogens is 232 g/mol. The van der Waals surface area contributed by atoms with Gasteiger partial charge in [-0.1, -0.05) is 11.6 Å². The molecule has 86 valence electrons. The van der Waals surface area contributed by atoms with E-state index in [1.807, 2.05) is 0 Å². The lowest BCUT2D eigenvalue weighted by Gasteiger charge is -2.04. The fourth-order valence-corrected chi connectivity index (χ4v) is 1.04. The number of nitrogens with zero attached hydrogens (tertiary/aromatic N) is 2. The fraction of sp³-hybridized carbons (Fsp3) is 0.333. The highest BCUT2D eigenvalue weighted by atomic mass is 35.5. The Morgan fingerprint density at radius 3 is 2.50 bits per heavy atom. The molecule has 2 N–H and O–H groups in total. The van der Waals surface area contributed by atoms with Crippen molar-refractivity contribution in [1.29, 1.82) is 0 Å². The standard InChI is InChI=1S/C9H11ClN4O2/c1-6(15)11-4-5-12-9(16)7-2-3-8(10)14-13-7/h2-3H,4-5H2,1H3,(H,11,15)(H,12,16). The lowest BCUT2D eigenvalue weighted by Crippen LogP contribution is -2.34. The lowest BCUT2D eigenvalue weighted by molar-refractivity contribution is -0.118. The third-order valence-corrected chi connectivity index (χ3v) is 1.85. The molecule has 0 aliphatic rings. The van der Waals surface area contributed by atoms with Crippen molar-refractivity contribution in [3.8, 4) is 0 Å². The second-order valence-electron chi connectivity index (χ2n) is 2.98. The normalized spacial score (nSPS) is 9.62. The maximum absolute atomic E-state index is 11.4. The van der Waals surface area contributed by atoms with Crippen LogP contribution in [0.15, 0.2) is 12.1 Å². The smallest absolute Gasteiger partial charge is 0.271 e. The third-order valence-electron chi connectivity index (χ3n) is 1.65. The van der Waals surface area contributed by atoms with Crippen LogP contribution in [0.1, 0.15) is 17.4 Å². The van der Waals surface area contributed by atoms with E-state index in [4.69, 9.17) is 11.6 Å². The van der Waals surface area contributed by atoms with Crippen LogP contribution in [0, 0.1) is 0 Å². The molecule has 0 aliphatic carbocycles. The Morgan fingerprint density at radius 1 is 1.25 bits per heavy atom. The van der Waals surface area contributed by atoms with Crippen LogP contribution in [0.4, 0.5) is 0 Å². The molecule has 1 aromatic heterocycles. The number of aromatic nitrogens is 2. The molecule has 1 rings (SSSR count). The SMILES string of the molecule is CC(=O)NCCNC(=O)c1ccc(Cl)nn1. The van der Waals surface area contributed by atoms with E-state index in [0.29, 0.717) is 13.1 Å². The van der Waals surface area contributed by atoms with E-state index < -0.39 is 0 Å². The molecule has 1 heterocycles. The molecule has 16 heavy (non-hydrogen) atoms. The second kappa shape index (κ2) is 6.02. The average Bonchev–Trinajstić information content (AvgIpc) is 2.25. The summed E-state index contributed by atoms with van der Waals surface area (Å²) in [5.41, 5.74) is 0.187. The summed E-state index contributed by atoms with van der Waals surface area (Å²) in [5, 5.41) is 12.5. The Hall–Kier alpha value is -1.69. The average molecular weight is 243 g/mol. The summed E-state index contributed by atoms with van der Waals surface area (Å²) < 4.78 is 0. The topological polar surface area (TPSA) is 84.0 Å². The first-order chi connectivity index (χ1) is 7.59. The van der Waals surface area contributed by atoms with Crippen LogP contribution in [0.25, 0.3) is 0 Å². The number of halogens is 1. The number of carbonyl (C=O) groups excluding carboxylic acids is 2. The minimum absolute atomic E-state index is 0.138. The highest BCUT2D eigenvalue weighted by Crippen LogP contribution is 2.01. The molecule has 0 saturated carbocycles. The molecule has 0 unspecified atom stereocenters. The van der Waals surface area contributed by atoms with Gasteiger partial charge < -0.3 is 10.6 Å². The van der Waals surface area contributed by atoms with E-state index in [1.54, 1.807) is 0 Å². The van der Waals surface area contributed by atoms with Gasteiger partial charge in [0.2, 0.25) is 5.91 Å². The Kier molecular flexibility index (Phi) is 4.65. The molecule has 0 fully saturated rings. The predicted octanol–water partition coefficient (Wildman–Crippen LogP) is -0.00410. The zero-order chi connectivity index (χ0) is 12.0. The number of carbonyl (C=O) groups is 2. The van der Waals surface area contributed by atoms with Crippen LogP contribution >= 0.6 is 11.6 Å². The van der Waals surface area contributed by atoms with Crippen LogP contribution in [-0.2, 0) is 4.79 Å². The second-order valence-corrected chi connectivity index (χ2v) is 3.37. The maximum Gasteiger partial charge on any atom is 0.271 e. The van der Waals surface area contributed by atoms with Gasteiger partial charge in [-0.25, -0.2) is 0 Å². The van der Waals surface area contributed by atoms with Crippen molar-refractivity contribution in [1.82, 2.24) is 20.8 Å². The van der Waals surface area contributed by atoms with Crippen LogP contribution in [-0.4, -0.2) is 35.1 Å². The minimum atomic E-state index is -0.352. The fourth-order valence-electron chi connectivity index (χ4n) is 0.942. The molecule has 1 aromatic rings. The monoisotopic (exact) mass is 242 g/mol. The zero-order valence-corrected chi connectivity index (χ0v) is 9.41. The maximum atomic E-state index is 11.4. The summed E-state index contributed by atoms with van der Waals surface area (Å²) in [5.74, 6) is -0.491. The largest absolute Gasteiger partial charge is 0.355 e. The van der Waals surface area contributed by atoms with Crippen molar-refractivity contribution in [2.45, 2.75) is 6.92 Å². The van der Waals surface area contributed by atoms with E-state index in [0.717, 1.165) is 0 Å². The van der Waals surface area contributed by atoms with Crippen LogP contribution < -0.4 is 10.6 Å². The van der Waals surface area contributed by atoms with Gasteiger partial charge in [-0.05, 0) is 12.1 Å². The van der Waals surface area contributed by atoms with Gasteiger partial charge in [0.15, 0.2) is 10.8 Å². The van der Waals surface area contributed by atoms with Gasteiger partial charge in [0.05, 0.1) is 0 Å². The number of hydrogen-bond donors (Lipinski definition) is 2. The summed E-state index contributed by atoms with van der Waals surface area (Å²) in [6, 6.07) is 2.96. The zero-order valence-electron chi connectivity index (χ0n) is 8.66. The molecule has 0 bridgehead atoms. The molecule has 0 radical (unpaired) electrons. The lowest BCUT2D eigenvalue weighted by atomic mass is 10.3. The minimum Gasteiger partial charge on any atom is -0.355 e. The summed E-state index contributed by atoms with van der Waals surface area (Å²) in [4.78, 5) is 22.0. The first-order valence-corrected chi connectivity index (χ1v) is 4.99. The molecule has 2 amide bonds. The van der Waals surface area contributed by atoms with Gasteiger partial charge in [0, 0.05) is 20.0 Å². The van der Waals surface area contributed by atoms with E-state index in [1.165, 1.54) is 19.1 Å². The van der Waals surface area contributed by atoms with Gasteiger partial charge in [-0.3, -0.25) is 9.59 Å². The van der Waals surface area contributed by atoms with Crippen molar-refractivity contribution >= 4 is 23.4 Å². The van der Waals surface area contributed by atoms with E-state index in [-0.39, 0.29) is 22.7 Å². The first kappa shape index (κ1) is 12.4. The summed E-state index contributed by atoms with van der Waals surface area (Å²) >= 11 is 5.53. The molecule has 7 heteroatoms. The number of amides is 2. The molecule has 6 nitrogen and oxygen atoms in total. The number of rotatable bonds is 4. The predicted molar refractivity (Wildman–Crippen MR) is 58.1 cm³/mol. The Bertz CT molecular complexity index is 380. The summed E-state index contributed by atoms with van der Waals surface area (Å²) in [6.07, 6.45) is 0. The van der Waals surface area contributed by atoms with Gasteiger partial charge in [-0.2, -0.15) is 0 Å². The summed E-state index contributed by atoms with van der Waals surface area (Å²) in [7, 11) is 0. The molecule has 0 aliphatic heterocycles. The van der Waals surface area contributed by atoms with Crippen molar-refractivity contribution in [3.05, 3.63) is 23.0 Å². The quantitative estimate of drug-likeness (QED) is 0.728. The van der Waals surface area contributed by atoms with Gasteiger partial charge in [0.1, 0.15) is 0 Å². The molecule has 0 atom stereocenters. The molecule has 0 saturated heterocycles. The van der Waals surface area contributed by atoms with Gasteiger partial charge in [-0.15, -0.1) is 10.2 Å².